The Kier molecular flexibility index (Phi) is 11.6. The standard InChI is InChI=1S/C28H35NO6/c1-5-29(6-2)16-7-17-35-28-19-22(11-15-26(28)33-3)9-13-24(31)20-23(30)12-8-21-10-14-25(32)27(18-21)34-4/h8-15,18-19,32H,5-7,16-17,20H2,1-4H3/b12-8+,13-9+. The Hall–Kier alpha value is -3.58. The summed E-state index contributed by atoms with van der Waals surface area (Å²) in [6, 6.07) is 10.2. The van der Waals surface area contributed by atoms with Crippen molar-refractivity contribution in [3.05, 3.63) is 59.7 Å². The first-order chi connectivity index (χ1) is 16.9. The Morgan fingerprint density at radius 1 is 0.857 bits per heavy atom. The topological polar surface area (TPSA) is 85.3 Å². The van der Waals surface area contributed by atoms with Crippen molar-refractivity contribution in [3.63, 3.8) is 0 Å². The van der Waals surface area contributed by atoms with Gasteiger partial charge in [-0.05, 0) is 67.1 Å². The van der Waals surface area contributed by atoms with E-state index in [9.17, 15) is 14.7 Å². The van der Waals surface area contributed by atoms with Gasteiger partial charge in [0, 0.05) is 6.54 Å². The first-order valence-electron chi connectivity index (χ1n) is 11.7. The Bertz CT molecular complexity index is 1040. The van der Waals surface area contributed by atoms with Crippen LogP contribution in [0.4, 0.5) is 0 Å². The van der Waals surface area contributed by atoms with Gasteiger partial charge in [-0.25, -0.2) is 0 Å². The van der Waals surface area contributed by atoms with E-state index in [4.69, 9.17) is 14.2 Å². The summed E-state index contributed by atoms with van der Waals surface area (Å²) in [6.07, 6.45) is 6.63. The van der Waals surface area contributed by atoms with Crippen molar-refractivity contribution in [2.45, 2.75) is 26.7 Å². The fraction of sp³-hybridized carbons (Fsp3) is 0.357. The summed E-state index contributed by atoms with van der Waals surface area (Å²) in [5.74, 6) is 0.944. The molecule has 7 heteroatoms. The summed E-state index contributed by atoms with van der Waals surface area (Å²) in [6.45, 7) is 7.83. The molecule has 0 fully saturated rings. The Labute approximate surface area is 207 Å². The average molecular weight is 482 g/mol. The molecule has 0 aliphatic rings. The number of phenolic OH excluding ortho intramolecular Hbond substituents is 1. The van der Waals surface area contributed by atoms with Crippen molar-refractivity contribution in [2.75, 3.05) is 40.5 Å². The van der Waals surface area contributed by atoms with Gasteiger partial charge in [0.05, 0.1) is 27.2 Å². The minimum Gasteiger partial charge on any atom is -0.504 e. The van der Waals surface area contributed by atoms with Crippen LogP contribution in [0.3, 0.4) is 0 Å². The van der Waals surface area contributed by atoms with E-state index >= 15 is 0 Å². The number of benzene rings is 2. The molecule has 0 aliphatic carbocycles. The van der Waals surface area contributed by atoms with Crippen LogP contribution in [-0.2, 0) is 9.59 Å². The lowest BCUT2D eigenvalue weighted by Crippen LogP contribution is -2.25. The Morgan fingerprint density at radius 3 is 2.00 bits per heavy atom. The van der Waals surface area contributed by atoms with Crippen LogP contribution in [0.5, 0.6) is 23.0 Å². The van der Waals surface area contributed by atoms with Crippen LogP contribution in [0.2, 0.25) is 0 Å². The maximum atomic E-state index is 12.3. The third kappa shape index (κ3) is 9.29. The van der Waals surface area contributed by atoms with Crippen LogP contribution < -0.4 is 14.2 Å². The molecule has 188 valence electrons. The maximum absolute atomic E-state index is 12.3. The summed E-state index contributed by atoms with van der Waals surface area (Å²) in [7, 11) is 3.04. The molecule has 1 N–H and O–H groups in total. The van der Waals surface area contributed by atoms with E-state index in [0.717, 1.165) is 31.6 Å². The number of ketones is 2. The fourth-order valence-corrected chi connectivity index (χ4v) is 3.39. The summed E-state index contributed by atoms with van der Waals surface area (Å²) in [5.41, 5.74) is 1.45. The number of nitrogens with zero attached hydrogens (tertiary/aromatic N) is 1. The molecular formula is C28H35NO6. The lowest BCUT2D eigenvalue weighted by atomic mass is 10.1. The molecule has 2 rings (SSSR count). The molecule has 0 aromatic heterocycles. The smallest absolute Gasteiger partial charge is 0.163 e. The van der Waals surface area contributed by atoms with Crippen molar-refractivity contribution < 1.29 is 28.9 Å². The molecule has 0 unspecified atom stereocenters. The predicted molar refractivity (Wildman–Crippen MR) is 138 cm³/mol. The number of ether oxygens (including phenoxy) is 3. The third-order valence-electron chi connectivity index (χ3n) is 5.43. The molecular weight excluding hydrogens is 446 g/mol. The van der Waals surface area contributed by atoms with Crippen molar-refractivity contribution >= 4 is 23.7 Å². The van der Waals surface area contributed by atoms with E-state index in [1.807, 2.05) is 12.1 Å². The van der Waals surface area contributed by atoms with Gasteiger partial charge >= 0.3 is 0 Å². The number of allylic oxidation sites excluding steroid dienone is 2. The van der Waals surface area contributed by atoms with Gasteiger partial charge in [0.1, 0.15) is 0 Å². The summed E-state index contributed by atoms with van der Waals surface area (Å²) < 4.78 is 16.4. The molecule has 0 heterocycles. The van der Waals surface area contributed by atoms with Crippen LogP contribution in [0.1, 0.15) is 37.8 Å². The lowest BCUT2D eigenvalue weighted by molar-refractivity contribution is -0.121. The molecule has 2 aromatic rings. The van der Waals surface area contributed by atoms with Gasteiger partial charge in [0.2, 0.25) is 0 Å². The molecule has 7 nitrogen and oxygen atoms in total. The summed E-state index contributed by atoms with van der Waals surface area (Å²) in [4.78, 5) is 26.8. The molecule has 0 atom stereocenters. The minimum atomic E-state index is -0.321. The zero-order valence-corrected chi connectivity index (χ0v) is 21.0. The number of methoxy groups -OCH3 is 2. The van der Waals surface area contributed by atoms with E-state index in [1.165, 1.54) is 25.3 Å². The number of hydrogen-bond donors (Lipinski definition) is 1. The van der Waals surface area contributed by atoms with E-state index in [-0.39, 0.29) is 23.7 Å². The highest BCUT2D eigenvalue weighted by Crippen LogP contribution is 2.29. The summed E-state index contributed by atoms with van der Waals surface area (Å²) >= 11 is 0. The molecule has 0 saturated carbocycles. The van der Waals surface area contributed by atoms with Crippen molar-refractivity contribution in [2.24, 2.45) is 0 Å². The monoisotopic (exact) mass is 481 g/mol. The van der Waals surface area contributed by atoms with Gasteiger partial charge in [-0.1, -0.05) is 38.1 Å². The average Bonchev–Trinajstić information content (AvgIpc) is 2.87. The van der Waals surface area contributed by atoms with E-state index in [2.05, 4.69) is 18.7 Å². The molecule has 0 radical (unpaired) electrons. The van der Waals surface area contributed by atoms with Crippen molar-refractivity contribution in [1.29, 1.82) is 0 Å². The highest BCUT2D eigenvalue weighted by Gasteiger charge is 2.08. The number of rotatable bonds is 15. The SMILES string of the molecule is CCN(CC)CCCOc1cc(/C=C/C(=O)CC(=O)/C=C/c2ccc(O)c(OC)c2)ccc1OC. The fourth-order valence-electron chi connectivity index (χ4n) is 3.39. The van der Waals surface area contributed by atoms with Crippen LogP contribution >= 0.6 is 0 Å². The number of phenols is 1. The second-order valence-corrected chi connectivity index (χ2v) is 7.85. The lowest BCUT2D eigenvalue weighted by Gasteiger charge is -2.18. The Morgan fingerprint density at radius 2 is 1.43 bits per heavy atom. The van der Waals surface area contributed by atoms with E-state index < -0.39 is 0 Å². The Balaban J connectivity index is 1.93. The van der Waals surface area contributed by atoms with Crippen LogP contribution in [0.25, 0.3) is 12.2 Å². The van der Waals surface area contributed by atoms with Crippen LogP contribution in [0.15, 0.2) is 48.6 Å². The molecule has 0 bridgehead atoms. The quantitative estimate of drug-likeness (QED) is 0.223. The normalized spacial score (nSPS) is 11.3. The van der Waals surface area contributed by atoms with E-state index in [0.29, 0.717) is 29.4 Å². The second kappa shape index (κ2) is 14.6. The molecule has 0 amide bonds. The van der Waals surface area contributed by atoms with Gasteiger partial charge in [-0.2, -0.15) is 0 Å². The van der Waals surface area contributed by atoms with Crippen molar-refractivity contribution in [1.82, 2.24) is 4.90 Å². The highest BCUT2D eigenvalue weighted by atomic mass is 16.5. The zero-order chi connectivity index (χ0) is 25.6. The molecule has 0 aliphatic heterocycles. The van der Waals surface area contributed by atoms with Crippen LogP contribution in [-0.4, -0.2) is 62.0 Å². The summed E-state index contributed by atoms with van der Waals surface area (Å²) in [5, 5.41) is 9.64. The van der Waals surface area contributed by atoms with Crippen molar-refractivity contribution in [3.8, 4) is 23.0 Å². The number of hydrogen-bond acceptors (Lipinski definition) is 7. The first kappa shape index (κ1) is 27.7. The largest absolute Gasteiger partial charge is 0.504 e. The van der Waals surface area contributed by atoms with Gasteiger partial charge in [-0.15, -0.1) is 0 Å². The van der Waals surface area contributed by atoms with Gasteiger partial charge in [0.25, 0.3) is 0 Å². The van der Waals surface area contributed by atoms with Crippen LogP contribution in [0, 0.1) is 0 Å². The number of carbonyl (C=O) groups is 2. The highest BCUT2D eigenvalue weighted by molar-refractivity contribution is 6.10. The molecule has 2 aromatic carbocycles. The maximum Gasteiger partial charge on any atom is 0.163 e. The number of aromatic hydroxyl groups is 1. The van der Waals surface area contributed by atoms with Gasteiger partial charge < -0.3 is 24.2 Å². The molecule has 0 spiro atoms. The zero-order valence-electron chi connectivity index (χ0n) is 21.0. The molecule has 0 saturated heterocycles. The second-order valence-electron chi connectivity index (χ2n) is 7.85. The van der Waals surface area contributed by atoms with Gasteiger partial charge in [-0.3, -0.25) is 9.59 Å². The third-order valence-corrected chi connectivity index (χ3v) is 5.43. The van der Waals surface area contributed by atoms with Gasteiger partial charge in [0.15, 0.2) is 34.6 Å². The minimum absolute atomic E-state index is 0.0167. The molecule has 35 heavy (non-hydrogen) atoms. The number of carbonyl (C=O) groups excluding carboxylic acids is 2. The van der Waals surface area contributed by atoms with E-state index in [1.54, 1.807) is 37.5 Å². The first-order valence-corrected chi connectivity index (χ1v) is 11.7. The predicted octanol–water partition coefficient (Wildman–Crippen LogP) is 4.78.